The second-order valence-corrected chi connectivity index (χ2v) is 9.06. The summed E-state index contributed by atoms with van der Waals surface area (Å²) < 4.78 is 11.6. The van der Waals surface area contributed by atoms with E-state index in [0.717, 1.165) is 44.7 Å². The molecule has 4 nitrogen and oxygen atoms in total. The average Bonchev–Trinajstić information content (AvgIpc) is 2.88. The fourth-order valence-electron chi connectivity index (χ4n) is 4.84. The van der Waals surface area contributed by atoms with Gasteiger partial charge in [0, 0.05) is 32.8 Å². The van der Waals surface area contributed by atoms with E-state index in [-0.39, 0.29) is 11.0 Å². The number of likely N-dealkylation sites (tertiary alicyclic amines) is 1. The van der Waals surface area contributed by atoms with Gasteiger partial charge < -0.3 is 9.47 Å². The van der Waals surface area contributed by atoms with E-state index < -0.39 is 0 Å². The van der Waals surface area contributed by atoms with Gasteiger partial charge in [0.1, 0.15) is 0 Å². The maximum atomic E-state index is 5.88. The van der Waals surface area contributed by atoms with Crippen LogP contribution >= 0.6 is 0 Å². The molecular formula is C19H36N2O2. The molecule has 3 atom stereocenters. The number of methoxy groups -OCH3 is 1. The summed E-state index contributed by atoms with van der Waals surface area (Å²) >= 11 is 0. The highest BCUT2D eigenvalue weighted by Gasteiger charge is 2.51. The molecule has 3 saturated heterocycles. The van der Waals surface area contributed by atoms with Gasteiger partial charge in [-0.05, 0) is 43.2 Å². The number of rotatable bonds is 5. The molecule has 134 valence electrons. The minimum Gasteiger partial charge on any atom is -0.378 e. The maximum Gasteiger partial charge on any atom is 0.0978 e. The van der Waals surface area contributed by atoms with Gasteiger partial charge >= 0.3 is 0 Å². The van der Waals surface area contributed by atoms with Crippen LogP contribution in [-0.4, -0.2) is 74.5 Å². The Bertz CT molecular complexity index is 401. The smallest absolute Gasteiger partial charge is 0.0978 e. The van der Waals surface area contributed by atoms with E-state index >= 15 is 0 Å². The van der Waals surface area contributed by atoms with Gasteiger partial charge in [-0.3, -0.25) is 9.80 Å². The molecule has 3 aliphatic heterocycles. The molecule has 3 unspecified atom stereocenters. The van der Waals surface area contributed by atoms with E-state index in [0.29, 0.717) is 6.04 Å². The molecule has 23 heavy (non-hydrogen) atoms. The topological polar surface area (TPSA) is 24.9 Å². The Morgan fingerprint density at radius 2 is 2.00 bits per heavy atom. The standard InChI is InChI=1S/C19H36N2O2/c1-15(16-7-9-21-10-11-23-12-17(16)21)6-8-20-13-19(14-20,22-5)18(2,3)4/h15-17H,6-14H2,1-5H3. The predicted molar refractivity (Wildman–Crippen MR) is 93.7 cm³/mol. The minimum atomic E-state index is 0.0532. The molecule has 0 aromatic heterocycles. The van der Waals surface area contributed by atoms with Crippen molar-refractivity contribution in [2.75, 3.05) is 53.0 Å². The zero-order valence-corrected chi connectivity index (χ0v) is 15.8. The van der Waals surface area contributed by atoms with Gasteiger partial charge in [0.25, 0.3) is 0 Å². The van der Waals surface area contributed by atoms with Gasteiger partial charge in [-0.1, -0.05) is 27.7 Å². The molecule has 0 amide bonds. The molecule has 0 aromatic carbocycles. The van der Waals surface area contributed by atoms with E-state index in [9.17, 15) is 0 Å². The molecule has 3 rings (SSSR count). The third-order valence-electron chi connectivity index (χ3n) is 6.87. The van der Waals surface area contributed by atoms with Gasteiger partial charge in [-0.2, -0.15) is 0 Å². The maximum absolute atomic E-state index is 5.88. The highest BCUT2D eigenvalue weighted by atomic mass is 16.5. The summed E-state index contributed by atoms with van der Waals surface area (Å²) in [6.45, 7) is 17.0. The Morgan fingerprint density at radius 3 is 2.65 bits per heavy atom. The normalized spacial score (nSPS) is 33.3. The van der Waals surface area contributed by atoms with Crippen LogP contribution in [0.15, 0.2) is 0 Å². The van der Waals surface area contributed by atoms with Crippen molar-refractivity contribution in [2.45, 2.75) is 52.2 Å². The summed E-state index contributed by atoms with van der Waals surface area (Å²) in [4.78, 5) is 5.24. The number of hydrogen-bond acceptors (Lipinski definition) is 4. The Balaban J connectivity index is 1.45. The molecule has 0 bridgehead atoms. The molecular weight excluding hydrogens is 288 g/mol. The van der Waals surface area contributed by atoms with Gasteiger partial charge in [-0.25, -0.2) is 0 Å². The highest BCUT2D eigenvalue weighted by Crippen LogP contribution is 2.41. The van der Waals surface area contributed by atoms with Crippen LogP contribution < -0.4 is 0 Å². The van der Waals surface area contributed by atoms with Crippen LogP contribution in [0.4, 0.5) is 0 Å². The van der Waals surface area contributed by atoms with E-state index in [1.807, 2.05) is 7.11 Å². The van der Waals surface area contributed by atoms with Gasteiger partial charge in [0.05, 0.1) is 18.8 Å². The van der Waals surface area contributed by atoms with Crippen molar-refractivity contribution in [1.29, 1.82) is 0 Å². The van der Waals surface area contributed by atoms with Crippen LogP contribution in [0.2, 0.25) is 0 Å². The van der Waals surface area contributed by atoms with Gasteiger partial charge in [0.15, 0.2) is 0 Å². The van der Waals surface area contributed by atoms with Crippen molar-refractivity contribution in [1.82, 2.24) is 9.80 Å². The lowest BCUT2D eigenvalue weighted by Gasteiger charge is -2.56. The van der Waals surface area contributed by atoms with Crippen LogP contribution in [0.25, 0.3) is 0 Å². The van der Waals surface area contributed by atoms with Crippen molar-refractivity contribution in [2.24, 2.45) is 17.3 Å². The predicted octanol–water partition coefficient (Wildman–Crippen LogP) is 2.48. The second kappa shape index (κ2) is 6.62. The van der Waals surface area contributed by atoms with Crippen molar-refractivity contribution >= 4 is 0 Å². The Morgan fingerprint density at radius 1 is 1.26 bits per heavy atom. The fraction of sp³-hybridized carbons (Fsp3) is 1.00. The molecule has 0 aromatic rings. The Hall–Kier alpha value is -0.160. The summed E-state index contributed by atoms with van der Waals surface area (Å²) in [6, 6.07) is 0.683. The summed E-state index contributed by atoms with van der Waals surface area (Å²) in [6.07, 6.45) is 2.66. The number of ether oxygens (including phenoxy) is 2. The Kier molecular flexibility index (Phi) is 5.09. The molecule has 0 radical (unpaired) electrons. The van der Waals surface area contributed by atoms with Crippen molar-refractivity contribution in [3.8, 4) is 0 Å². The first kappa shape index (κ1) is 17.7. The molecule has 0 N–H and O–H groups in total. The second-order valence-electron chi connectivity index (χ2n) is 9.06. The van der Waals surface area contributed by atoms with Crippen molar-refractivity contribution in [3.63, 3.8) is 0 Å². The molecule has 0 saturated carbocycles. The monoisotopic (exact) mass is 324 g/mol. The van der Waals surface area contributed by atoms with Gasteiger partial charge in [-0.15, -0.1) is 0 Å². The van der Waals surface area contributed by atoms with Crippen LogP contribution in [0.3, 0.4) is 0 Å². The number of hydrogen-bond donors (Lipinski definition) is 0. The fourth-order valence-corrected chi connectivity index (χ4v) is 4.84. The van der Waals surface area contributed by atoms with E-state index in [4.69, 9.17) is 9.47 Å². The summed E-state index contributed by atoms with van der Waals surface area (Å²) in [5.41, 5.74) is 0.271. The van der Waals surface area contributed by atoms with Crippen LogP contribution in [-0.2, 0) is 9.47 Å². The van der Waals surface area contributed by atoms with Gasteiger partial charge in [0.2, 0.25) is 0 Å². The average molecular weight is 325 g/mol. The molecule has 4 heteroatoms. The molecule has 3 heterocycles. The zero-order chi connectivity index (χ0) is 16.7. The minimum absolute atomic E-state index is 0.0532. The van der Waals surface area contributed by atoms with Crippen LogP contribution in [0.1, 0.15) is 40.5 Å². The lowest BCUT2D eigenvalue weighted by molar-refractivity contribution is -0.184. The number of nitrogens with zero attached hydrogens (tertiary/aromatic N) is 2. The lowest BCUT2D eigenvalue weighted by atomic mass is 9.71. The quantitative estimate of drug-likeness (QED) is 0.776. The molecule has 0 aliphatic carbocycles. The summed E-state index contributed by atoms with van der Waals surface area (Å²) in [7, 11) is 1.88. The Labute approximate surface area is 142 Å². The van der Waals surface area contributed by atoms with Crippen molar-refractivity contribution < 1.29 is 9.47 Å². The number of fused-ring (bicyclic) bond motifs is 1. The first-order valence-corrected chi connectivity index (χ1v) is 9.45. The van der Waals surface area contributed by atoms with Crippen LogP contribution in [0.5, 0.6) is 0 Å². The third-order valence-corrected chi connectivity index (χ3v) is 6.87. The summed E-state index contributed by atoms with van der Waals surface area (Å²) in [5, 5.41) is 0. The zero-order valence-electron chi connectivity index (χ0n) is 15.8. The SMILES string of the molecule is COC1(C(C)(C)C)CN(CCC(C)C2CCN3CCOCC23)C1. The first-order chi connectivity index (χ1) is 10.9. The van der Waals surface area contributed by atoms with E-state index in [2.05, 4.69) is 37.5 Å². The van der Waals surface area contributed by atoms with E-state index in [1.165, 1.54) is 25.9 Å². The first-order valence-electron chi connectivity index (χ1n) is 9.45. The largest absolute Gasteiger partial charge is 0.378 e. The third kappa shape index (κ3) is 3.33. The highest BCUT2D eigenvalue weighted by molar-refractivity contribution is 5.04. The number of morpholine rings is 1. The molecule has 3 fully saturated rings. The molecule has 0 spiro atoms. The molecule has 3 aliphatic rings. The van der Waals surface area contributed by atoms with Crippen molar-refractivity contribution in [3.05, 3.63) is 0 Å². The lowest BCUT2D eigenvalue weighted by Crippen LogP contribution is -2.68. The summed E-state index contributed by atoms with van der Waals surface area (Å²) in [5.74, 6) is 1.62. The van der Waals surface area contributed by atoms with Crippen LogP contribution in [0, 0.1) is 17.3 Å². The van der Waals surface area contributed by atoms with E-state index in [1.54, 1.807) is 0 Å².